The maximum absolute atomic E-state index is 12.3. The van der Waals surface area contributed by atoms with Gasteiger partial charge in [-0.15, -0.1) is 0 Å². The van der Waals surface area contributed by atoms with E-state index in [9.17, 15) is 22.8 Å². The lowest BCUT2D eigenvalue weighted by Gasteiger charge is -2.17. The van der Waals surface area contributed by atoms with Gasteiger partial charge in [-0.25, -0.2) is 0 Å². The number of halogens is 3. The van der Waals surface area contributed by atoms with E-state index >= 15 is 0 Å². The van der Waals surface area contributed by atoms with Gasteiger partial charge in [0.25, 0.3) is 0 Å². The molecule has 0 saturated carbocycles. The van der Waals surface area contributed by atoms with Gasteiger partial charge in [0.1, 0.15) is 6.10 Å². The molecule has 1 atom stereocenters. The summed E-state index contributed by atoms with van der Waals surface area (Å²) in [6.07, 6.45) is 3.52. The first kappa shape index (κ1) is 17.3. The number of hydrogen-bond donors (Lipinski definition) is 0. The van der Waals surface area contributed by atoms with Crippen molar-refractivity contribution in [1.29, 1.82) is 0 Å². The third kappa shape index (κ3) is 5.28. The second kappa shape index (κ2) is 7.04. The Morgan fingerprint density at radius 1 is 1.39 bits per heavy atom. The van der Waals surface area contributed by atoms with Crippen molar-refractivity contribution in [2.75, 3.05) is 0 Å². The average Bonchev–Trinajstić information content (AvgIpc) is 2.43. The van der Waals surface area contributed by atoms with Crippen LogP contribution in [0, 0.1) is 0 Å². The van der Waals surface area contributed by atoms with Gasteiger partial charge in [-0.2, -0.15) is 13.2 Å². The summed E-state index contributed by atoms with van der Waals surface area (Å²) >= 11 is -0.226. The third-order valence-electron chi connectivity index (χ3n) is 2.98. The highest BCUT2D eigenvalue weighted by Gasteiger charge is 2.29. The highest BCUT2D eigenvalue weighted by atomic mass is 32.2. The fourth-order valence-electron chi connectivity index (χ4n) is 1.94. The summed E-state index contributed by atoms with van der Waals surface area (Å²) in [5, 5.41) is 0. The molecule has 0 saturated heterocycles. The fraction of sp³-hybridized carbons (Fsp3) is 0.250. The van der Waals surface area contributed by atoms with E-state index in [0.717, 1.165) is 12.3 Å². The minimum Gasteiger partial charge on any atom is -0.497 e. The van der Waals surface area contributed by atoms with Crippen LogP contribution in [-0.4, -0.2) is 23.2 Å². The Bertz CT molecular complexity index is 677. The molecule has 23 heavy (non-hydrogen) atoms. The van der Waals surface area contributed by atoms with Gasteiger partial charge in [-0.05, 0) is 42.5 Å². The normalized spacial score (nSPS) is 18.7. The van der Waals surface area contributed by atoms with Crippen LogP contribution in [0.3, 0.4) is 0 Å². The van der Waals surface area contributed by atoms with Crippen LogP contribution >= 0.6 is 11.8 Å². The molecule has 0 aliphatic carbocycles. The molecule has 2 rings (SSSR count). The number of rotatable bonds is 4. The van der Waals surface area contributed by atoms with Crippen LogP contribution in [0.2, 0.25) is 0 Å². The Morgan fingerprint density at radius 2 is 2.13 bits per heavy atom. The van der Waals surface area contributed by atoms with E-state index in [-0.39, 0.29) is 40.5 Å². The molecule has 0 fully saturated rings. The van der Waals surface area contributed by atoms with Crippen molar-refractivity contribution in [3.05, 3.63) is 47.7 Å². The van der Waals surface area contributed by atoms with Gasteiger partial charge < -0.3 is 4.74 Å². The largest absolute Gasteiger partial charge is 0.497 e. The average molecular weight is 342 g/mol. The molecule has 0 amide bonds. The second-order valence-corrected chi connectivity index (χ2v) is 6.06. The summed E-state index contributed by atoms with van der Waals surface area (Å²) in [6, 6.07) is 5.69. The number of Topliss-reactive ketones (excluding diaryl/α,β-unsaturated/α-hetero) is 1. The molecule has 1 aliphatic heterocycles. The Labute approximate surface area is 135 Å². The number of carbonyl (C=O) groups is 2. The number of thioether (sulfide) groups is 1. The van der Waals surface area contributed by atoms with Gasteiger partial charge in [-0.1, -0.05) is 18.2 Å². The topological polar surface area (TPSA) is 43.4 Å². The Hall–Kier alpha value is -2.02. The van der Waals surface area contributed by atoms with Gasteiger partial charge in [0.2, 0.25) is 0 Å². The van der Waals surface area contributed by atoms with Crippen LogP contribution in [0.15, 0.2) is 47.1 Å². The molecule has 122 valence electrons. The molecule has 0 radical (unpaired) electrons. The summed E-state index contributed by atoms with van der Waals surface area (Å²) in [5.41, 5.74) is -3.99. The standard InChI is InChI=1S/C16H13F3O3S/c1-10-7-15(21)13(9-22-10)14(20)6-5-11-3-2-4-12(8-11)23-16(17,18)19/h2-6,8-10H,7H2,1H3. The molecule has 3 nitrogen and oxygen atoms in total. The number of hydrogen-bond acceptors (Lipinski definition) is 4. The predicted octanol–water partition coefficient (Wildman–Crippen LogP) is 4.14. The highest BCUT2D eigenvalue weighted by Crippen LogP contribution is 2.37. The number of carbonyl (C=O) groups excluding carboxylic acids is 2. The smallest absolute Gasteiger partial charge is 0.446 e. The van der Waals surface area contributed by atoms with E-state index in [1.807, 2.05) is 0 Å². The van der Waals surface area contributed by atoms with Crippen LogP contribution in [0.1, 0.15) is 18.9 Å². The van der Waals surface area contributed by atoms with Crippen LogP contribution in [0.25, 0.3) is 6.08 Å². The van der Waals surface area contributed by atoms with Gasteiger partial charge in [0.05, 0.1) is 11.8 Å². The number of ketones is 2. The Morgan fingerprint density at radius 3 is 2.78 bits per heavy atom. The van der Waals surface area contributed by atoms with Gasteiger partial charge in [0.15, 0.2) is 11.6 Å². The maximum atomic E-state index is 12.3. The molecule has 1 aliphatic rings. The minimum absolute atomic E-state index is 0.0252. The summed E-state index contributed by atoms with van der Waals surface area (Å²) in [5.74, 6) is -0.837. The lowest BCUT2D eigenvalue weighted by molar-refractivity contribution is -0.122. The van der Waals surface area contributed by atoms with Crippen molar-refractivity contribution in [1.82, 2.24) is 0 Å². The lowest BCUT2D eigenvalue weighted by Crippen LogP contribution is -2.23. The van der Waals surface area contributed by atoms with Crippen LogP contribution < -0.4 is 0 Å². The van der Waals surface area contributed by atoms with E-state index < -0.39 is 11.3 Å². The summed E-state index contributed by atoms with van der Waals surface area (Å²) < 4.78 is 42.2. The molecule has 1 unspecified atom stereocenters. The summed E-state index contributed by atoms with van der Waals surface area (Å²) in [4.78, 5) is 23.7. The van der Waals surface area contributed by atoms with Crippen LogP contribution in [0.5, 0.6) is 0 Å². The van der Waals surface area contributed by atoms with E-state index in [1.54, 1.807) is 13.0 Å². The zero-order valence-electron chi connectivity index (χ0n) is 12.1. The molecule has 0 spiro atoms. The number of ether oxygens (including phenoxy) is 1. The van der Waals surface area contributed by atoms with Crippen molar-refractivity contribution < 1.29 is 27.5 Å². The molecule has 0 aromatic heterocycles. The van der Waals surface area contributed by atoms with E-state index in [0.29, 0.717) is 5.56 Å². The van der Waals surface area contributed by atoms with E-state index in [1.165, 1.54) is 24.3 Å². The predicted molar refractivity (Wildman–Crippen MR) is 80.6 cm³/mol. The summed E-state index contributed by atoms with van der Waals surface area (Å²) in [6.45, 7) is 1.72. The van der Waals surface area contributed by atoms with Crippen LogP contribution in [0.4, 0.5) is 13.2 Å². The number of alkyl halides is 3. The fourth-order valence-corrected chi connectivity index (χ4v) is 2.55. The zero-order valence-corrected chi connectivity index (χ0v) is 12.9. The molecule has 0 bridgehead atoms. The molecular formula is C16H13F3O3S. The number of allylic oxidation sites excluding steroid dienone is 2. The monoisotopic (exact) mass is 342 g/mol. The summed E-state index contributed by atoms with van der Waals surface area (Å²) in [7, 11) is 0. The molecule has 1 aromatic rings. The van der Waals surface area contributed by atoms with Crippen molar-refractivity contribution in [2.24, 2.45) is 0 Å². The molecule has 0 N–H and O–H groups in total. The van der Waals surface area contributed by atoms with E-state index in [4.69, 9.17) is 4.74 Å². The zero-order chi connectivity index (χ0) is 17.0. The SMILES string of the molecule is CC1CC(=O)C(C(=O)C=Cc2cccc(SC(F)(F)F)c2)=CO1. The first-order chi connectivity index (χ1) is 10.7. The molecule has 7 heteroatoms. The van der Waals surface area contributed by atoms with Crippen molar-refractivity contribution in [2.45, 2.75) is 29.9 Å². The first-order valence-electron chi connectivity index (χ1n) is 6.71. The first-order valence-corrected chi connectivity index (χ1v) is 7.53. The van der Waals surface area contributed by atoms with Crippen LogP contribution in [-0.2, 0) is 14.3 Å². The Balaban J connectivity index is 2.10. The van der Waals surface area contributed by atoms with Gasteiger partial charge in [0, 0.05) is 11.3 Å². The Kier molecular flexibility index (Phi) is 5.30. The molecule has 1 aromatic carbocycles. The maximum Gasteiger partial charge on any atom is 0.446 e. The van der Waals surface area contributed by atoms with Gasteiger partial charge in [-0.3, -0.25) is 9.59 Å². The molecule has 1 heterocycles. The van der Waals surface area contributed by atoms with Crippen molar-refractivity contribution in [3.63, 3.8) is 0 Å². The third-order valence-corrected chi connectivity index (χ3v) is 3.70. The minimum atomic E-state index is -4.37. The lowest BCUT2D eigenvalue weighted by atomic mass is 10.0. The van der Waals surface area contributed by atoms with Crippen molar-refractivity contribution in [3.8, 4) is 0 Å². The highest BCUT2D eigenvalue weighted by molar-refractivity contribution is 8.00. The number of benzene rings is 1. The van der Waals surface area contributed by atoms with Crippen molar-refractivity contribution >= 4 is 29.4 Å². The van der Waals surface area contributed by atoms with E-state index in [2.05, 4.69) is 0 Å². The molecular weight excluding hydrogens is 329 g/mol. The van der Waals surface area contributed by atoms with Gasteiger partial charge >= 0.3 is 5.51 Å². The second-order valence-electron chi connectivity index (χ2n) is 4.92. The quantitative estimate of drug-likeness (QED) is 0.468.